The maximum absolute atomic E-state index is 12.0. The Morgan fingerprint density at radius 1 is 1.10 bits per heavy atom. The molecule has 1 aromatic carbocycles. The Kier molecular flexibility index (Phi) is 7.20. The number of amides is 1. The SMILES string of the molecule is O=C(COC(=O)/C=C/c1ccc([N+](=O)[O-])o1)Nc1ccc(N2CCCCCC2)cc1. The summed E-state index contributed by atoms with van der Waals surface area (Å²) in [7, 11) is 0. The van der Waals surface area contributed by atoms with Gasteiger partial charge in [0.25, 0.3) is 5.91 Å². The molecule has 2 aromatic rings. The highest BCUT2D eigenvalue weighted by Crippen LogP contribution is 2.21. The molecule has 9 heteroatoms. The molecule has 1 aliphatic heterocycles. The van der Waals surface area contributed by atoms with Crippen LogP contribution in [0.2, 0.25) is 0 Å². The molecule has 158 valence electrons. The van der Waals surface area contributed by atoms with Gasteiger partial charge < -0.3 is 19.4 Å². The maximum Gasteiger partial charge on any atom is 0.433 e. The number of rotatable bonds is 7. The molecule has 30 heavy (non-hydrogen) atoms. The van der Waals surface area contributed by atoms with Crippen molar-refractivity contribution >= 4 is 35.2 Å². The molecule has 1 N–H and O–H groups in total. The van der Waals surface area contributed by atoms with E-state index in [4.69, 9.17) is 9.15 Å². The molecule has 0 spiro atoms. The number of nitrogens with zero attached hydrogens (tertiary/aromatic N) is 2. The molecule has 0 atom stereocenters. The third-order valence-electron chi connectivity index (χ3n) is 4.64. The van der Waals surface area contributed by atoms with Gasteiger partial charge in [0, 0.05) is 30.5 Å². The van der Waals surface area contributed by atoms with E-state index in [9.17, 15) is 19.7 Å². The molecule has 1 saturated heterocycles. The number of hydrogen-bond donors (Lipinski definition) is 1. The first-order valence-electron chi connectivity index (χ1n) is 9.75. The number of ether oxygens (including phenoxy) is 1. The topological polar surface area (TPSA) is 115 Å². The van der Waals surface area contributed by atoms with Crippen LogP contribution < -0.4 is 10.2 Å². The average Bonchev–Trinajstić information content (AvgIpc) is 3.06. The second-order valence-corrected chi connectivity index (χ2v) is 6.87. The third kappa shape index (κ3) is 6.20. The maximum atomic E-state index is 12.0. The van der Waals surface area contributed by atoms with E-state index in [1.165, 1.54) is 43.9 Å². The zero-order valence-corrected chi connectivity index (χ0v) is 16.4. The summed E-state index contributed by atoms with van der Waals surface area (Å²) in [6.45, 7) is 1.64. The summed E-state index contributed by atoms with van der Waals surface area (Å²) < 4.78 is 9.75. The second-order valence-electron chi connectivity index (χ2n) is 6.87. The summed E-state index contributed by atoms with van der Waals surface area (Å²) in [6.07, 6.45) is 7.17. The third-order valence-corrected chi connectivity index (χ3v) is 4.64. The van der Waals surface area contributed by atoms with Gasteiger partial charge in [0.1, 0.15) is 10.7 Å². The largest absolute Gasteiger partial charge is 0.452 e. The number of benzene rings is 1. The van der Waals surface area contributed by atoms with Crippen LogP contribution in [0.4, 0.5) is 17.3 Å². The predicted octanol–water partition coefficient (Wildman–Crippen LogP) is 3.76. The van der Waals surface area contributed by atoms with Gasteiger partial charge in [-0.05, 0) is 49.2 Å². The Labute approximate surface area is 173 Å². The molecule has 9 nitrogen and oxygen atoms in total. The van der Waals surface area contributed by atoms with Crippen molar-refractivity contribution in [2.75, 3.05) is 29.9 Å². The fourth-order valence-corrected chi connectivity index (χ4v) is 3.15. The Bertz CT molecular complexity index is 911. The molecule has 0 unspecified atom stereocenters. The summed E-state index contributed by atoms with van der Waals surface area (Å²) in [5, 5.41) is 13.2. The van der Waals surface area contributed by atoms with E-state index in [0.717, 1.165) is 24.9 Å². The van der Waals surface area contributed by atoms with E-state index in [0.29, 0.717) is 5.69 Å². The lowest BCUT2D eigenvalue weighted by molar-refractivity contribution is -0.402. The van der Waals surface area contributed by atoms with Gasteiger partial charge in [0.05, 0.1) is 6.07 Å². The molecule has 1 aromatic heterocycles. The van der Waals surface area contributed by atoms with Crippen LogP contribution in [0.1, 0.15) is 31.4 Å². The van der Waals surface area contributed by atoms with Crippen molar-refractivity contribution < 1.29 is 23.7 Å². The molecule has 2 heterocycles. The van der Waals surface area contributed by atoms with E-state index in [2.05, 4.69) is 10.2 Å². The van der Waals surface area contributed by atoms with Crippen molar-refractivity contribution in [1.29, 1.82) is 0 Å². The number of hydrogen-bond acceptors (Lipinski definition) is 7. The zero-order chi connectivity index (χ0) is 21.3. The van der Waals surface area contributed by atoms with Crippen LogP contribution in [0.5, 0.6) is 0 Å². The molecule has 0 bridgehead atoms. The molecule has 1 fully saturated rings. The lowest BCUT2D eigenvalue weighted by Crippen LogP contribution is -2.24. The van der Waals surface area contributed by atoms with Crippen LogP contribution in [0.15, 0.2) is 46.9 Å². The van der Waals surface area contributed by atoms with Crippen LogP contribution >= 0.6 is 0 Å². The molecule has 1 aliphatic rings. The van der Waals surface area contributed by atoms with Crippen molar-refractivity contribution in [2.24, 2.45) is 0 Å². The number of anilines is 2. The molecule has 0 aliphatic carbocycles. The quantitative estimate of drug-likeness (QED) is 0.318. The van der Waals surface area contributed by atoms with Gasteiger partial charge in [-0.2, -0.15) is 0 Å². The Morgan fingerprint density at radius 3 is 2.43 bits per heavy atom. The molecular weight excluding hydrogens is 390 g/mol. The van der Waals surface area contributed by atoms with Crippen molar-refractivity contribution in [3.63, 3.8) is 0 Å². The average molecular weight is 413 g/mol. The summed E-state index contributed by atoms with van der Waals surface area (Å²) in [5.41, 5.74) is 1.75. The van der Waals surface area contributed by atoms with Gasteiger partial charge in [-0.1, -0.05) is 12.8 Å². The number of nitrogens with one attached hydrogen (secondary N) is 1. The number of furan rings is 1. The zero-order valence-electron chi connectivity index (χ0n) is 16.4. The van der Waals surface area contributed by atoms with E-state index >= 15 is 0 Å². The van der Waals surface area contributed by atoms with Gasteiger partial charge in [-0.3, -0.25) is 14.9 Å². The molecule has 3 rings (SSSR count). The first kappa shape index (κ1) is 21.1. The highest BCUT2D eigenvalue weighted by atomic mass is 16.6. The Hall–Kier alpha value is -3.62. The Morgan fingerprint density at radius 2 is 1.80 bits per heavy atom. The highest BCUT2D eigenvalue weighted by Gasteiger charge is 2.12. The summed E-state index contributed by atoms with van der Waals surface area (Å²) in [6, 6.07) is 10.1. The van der Waals surface area contributed by atoms with Crippen LogP contribution in [0, 0.1) is 10.1 Å². The molecular formula is C21H23N3O6. The first-order chi connectivity index (χ1) is 14.5. The summed E-state index contributed by atoms with van der Waals surface area (Å²) >= 11 is 0. The fourth-order valence-electron chi connectivity index (χ4n) is 3.15. The van der Waals surface area contributed by atoms with Crippen LogP contribution in [-0.4, -0.2) is 36.5 Å². The Balaban J connectivity index is 1.43. The van der Waals surface area contributed by atoms with Gasteiger partial charge in [0.15, 0.2) is 6.61 Å². The van der Waals surface area contributed by atoms with Gasteiger partial charge >= 0.3 is 11.9 Å². The van der Waals surface area contributed by atoms with Gasteiger partial charge in [0.2, 0.25) is 0 Å². The monoisotopic (exact) mass is 413 g/mol. The predicted molar refractivity (Wildman–Crippen MR) is 111 cm³/mol. The lowest BCUT2D eigenvalue weighted by Gasteiger charge is -2.22. The van der Waals surface area contributed by atoms with Crippen LogP contribution in [0.25, 0.3) is 6.08 Å². The van der Waals surface area contributed by atoms with Crippen molar-refractivity contribution in [3.8, 4) is 0 Å². The minimum atomic E-state index is -0.763. The van der Waals surface area contributed by atoms with E-state index in [1.807, 2.05) is 24.3 Å². The first-order valence-corrected chi connectivity index (χ1v) is 9.75. The van der Waals surface area contributed by atoms with Crippen molar-refractivity contribution in [3.05, 3.63) is 58.3 Å². The summed E-state index contributed by atoms with van der Waals surface area (Å²) in [5.74, 6) is -1.52. The minimum absolute atomic E-state index is 0.132. The lowest BCUT2D eigenvalue weighted by atomic mass is 10.2. The summed E-state index contributed by atoms with van der Waals surface area (Å²) in [4.78, 5) is 35.9. The van der Waals surface area contributed by atoms with E-state index in [1.54, 1.807) is 0 Å². The highest BCUT2D eigenvalue weighted by molar-refractivity contribution is 5.94. The van der Waals surface area contributed by atoms with E-state index in [-0.39, 0.29) is 5.76 Å². The van der Waals surface area contributed by atoms with Gasteiger partial charge in [-0.15, -0.1) is 0 Å². The van der Waals surface area contributed by atoms with Crippen molar-refractivity contribution in [2.45, 2.75) is 25.7 Å². The number of carbonyl (C=O) groups excluding carboxylic acids is 2. The molecule has 1 amide bonds. The van der Waals surface area contributed by atoms with Crippen molar-refractivity contribution in [1.82, 2.24) is 0 Å². The molecule has 0 saturated carbocycles. The number of carbonyl (C=O) groups is 2. The van der Waals surface area contributed by atoms with Crippen LogP contribution in [-0.2, 0) is 14.3 Å². The number of nitro groups is 1. The normalized spacial score (nSPS) is 14.3. The van der Waals surface area contributed by atoms with E-state index < -0.39 is 29.3 Å². The number of esters is 1. The standard InChI is InChI=1S/C21H23N3O6/c25-19(15-29-21(26)12-10-18-9-11-20(30-18)24(27)28)22-16-5-7-17(8-6-16)23-13-3-1-2-4-14-23/h5-12H,1-4,13-15H2,(H,22,25)/b12-10+. The fraction of sp³-hybridized carbons (Fsp3) is 0.333. The van der Waals surface area contributed by atoms with Gasteiger partial charge in [-0.25, -0.2) is 4.79 Å². The van der Waals surface area contributed by atoms with Crippen LogP contribution in [0.3, 0.4) is 0 Å². The second kappa shape index (κ2) is 10.2. The minimum Gasteiger partial charge on any atom is -0.452 e. The smallest absolute Gasteiger partial charge is 0.433 e. The molecule has 0 radical (unpaired) electrons.